The Morgan fingerprint density at radius 1 is 0.913 bits per heavy atom. The molecule has 0 aliphatic rings. The molecule has 0 bridgehead atoms. The largest absolute Gasteiger partial charge is 0.336 e. The van der Waals surface area contributed by atoms with Crippen LogP contribution in [0.4, 0.5) is 0 Å². The molecule has 0 saturated carbocycles. The molecule has 0 aromatic heterocycles. The van der Waals surface area contributed by atoms with Crippen LogP contribution in [0.25, 0.3) is 0 Å². The van der Waals surface area contributed by atoms with Gasteiger partial charge in [-0.25, -0.2) is 0 Å². The average Bonchev–Trinajstić information content (AvgIpc) is 2.36. The summed E-state index contributed by atoms with van der Waals surface area (Å²) < 4.78 is 11.3. The normalized spacial score (nSPS) is 14.6. The minimum absolute atomic E-state index is 0.106. The van der Waals surface area contributed by atoms with Crippen LogP contribution in [0.3, 0.4) is 0 Å². The number of ketones is 1. The van der Waals surface area contributed by atoms with Crippen LogP contribution in [0.2, 0.25) is 0 Å². The number of rotatable bonds is 10. The summed E-state index contributed by atoms with van der Waals surface area (Å²) in [5.74, 6) is -0.461. The van der Waals surface area contributed by atoms with E-state index in [0.29, 0.717) is 0 Å². The third-order valence-corrected chi connectivity index (χ3v) is 5.07. The third-order valence-electron chi connectivity index (χ3n) is 3.69. The molecule has 0 aromatic rings. The van der Waals surface area contributed by atoms with Gasteiger partial charge in [-0.1, -0.05) is 34.9 Å². The zero-order valence-corrected chi connectivity index (χ0v) is 15.9. The molecule has 1 atom stereocenters. The second kappa shape index (κ2) is 10.7. The molecule has 0 rings (SSSR count). The smallest absolute Gasteiger partial charge is 0.324 e. The number of hydrogen-bond acceptors (Lipinski definition) is 2. The van der Waals surface area contributed by atoms with Crippen LogP contribution in [0, 0.1) is 0 Å². The van der Waals surface area contributed by atoms with E-state index in [2.05, 4.69) is 32.9 Å². The van der Waals surface area contributed by atoms with Gasteiger partial charge in [0, 0.05) is 0 Å². The van der Waals surface area contributed by atoms with Crippen LogP contribution in [0.15, 0.2) is 34.9 Å². The van der Waals surface area contributed by atoms with E-state index in [4.69, 9.17) is 0 Å². The van der Waals surface area contributed by atoms with Gasteiger partial charge in [-0.15, -0.1) is 0 Å². The van der Waals surface area contributed by atoms with Crippen molar-refractivity contribution >= 4 is 13.4 Å². The lowest BCUT2D eigenvalue weighted by atomic mass is 10.1. The van der Waals surface area contributed by atoms with Crippen molar-refractivity contribution in [3.8, 4) is 0 Å². The standard InChI is InChI=1S/C18H31O4P/c1-14(2)8-6-9-15(3)10-7-11-16(4)12-13-18(17(5)19)23(20,21)22/h8,10,12,18H,6-7,9,11,13H2,1-5H3,(H2,20,21,22). The number of carbonyl (C=O) groups is 1. The summed E-state index contributed by atoms with van der Waals surface area (Å²) in [6.45, 7) is 9.48. The summed E-state index contributed by atoms with van der Waals surface area (Å²) in [7, 11) is -4.36. The SMILES string of the molecule is CC(=O)C(CC=C(C)CCC=C(C)CCC=C(C)C)P(=O)(O)O. The Kier molecular flexibility index (Phi) is 10.3. The van der Waals surface area contributed by atoms with Crippen LogP contribution < -0.4 is 0 Å². The van der Waals surface area contributed by atoms with E-state index in [1.807, 2.05) is 6.92 Å². The van der Waals surface area contributed by atoms with Gasteiger partial charge >= 0.3 is 7.60 Å². The number of allylic oxidation sites excluding steroid dienone is 6. The van der Waals surface area contributed by atoms with Crippen molar-refractivity contribution < 1.29 is 19.1 Å². The molecule has 0 fully saturated rings. The Labute approximate surface area is 140 Å². The molecular formula is C18H31O4P. The van der Waals surface area contributed by atoms with Gasteiger partial charge < -0.3 is 9.79 Å². The molecule has 0 amide bonds. The molecule has 0 spiro atoms. The zero-order chi connectivity index (χ0) is 18.0. The Morgan fingerprint density at radius 2 is 1.39 bits per heavy atom. The zero-order valence-electron chi connectivity index (χ0n) is 15.0. The van der Waals surface area contributed by atoms with Crippen LogP contribution in [-0.4, -0.2) is 21.2 Å². The highest BCUT2D eigenvalue weighted by Crippen LogP contribution is 2.43. The van der Waals surface area contributed by atoms with Gasteiger partial charge in [-0.3, -0.25) is 9.36 Å². The Hall–Kier alpha value is -0.960. The van der Waals surface area contributed by atoms with Crippen molar-refractivity contribution in [2.24, 2.45) is 0 Å². The molecule has 2 N–H and O–H groups in total. The third kappa shape index (κ3) is 11.2. The van der Waals surface area contributed by atoms with Crippen LogP contribution in [0.5, 0.6) is 0 Å². The summed E-state index contributed by atoms with van der Waals surface area (Å²) in [6.07, 6.45) is 10.2. The lowest BCUT2D eigenvalue weighted by Gasteiger charge is -2.13. The maximum Gasteiger partial charge on any atom is 0.336 e. The summed E-state index contributed by atoms with van der Waals surface area (Å²) in [6, 6.07) is 0. The maximum absolute atomic E-state index is 11.3. The Morgan fingerprint density at radius 3 is 1.83 bits per heavy atom. The molecule has 0 aliphatic carbocycles. The van der Waals surface area contributed by atoms with Crippen molar-refractivity contribution in [1.82, 2.24) is 0 Å². The first-order valence-corrected chi connectivity index (χ1v) is 9.72. The molecule has 5 heteroatoms. The van der Waals surface area contributed by atoms with Gasteiger partial charge in [0.25, 0.3) is 0 Å². The minimum atomic E-state index is -4.36. The van der Waals surface area contributed by atoms with E-state index in [0.717, 1.165) is 31.3 Å². The summed E-state index contributed by atoms with van der Waals surface area (Å²) in [5, 5.41) is 0. The second-order valence-corrected chi connectivity index (χ2v) is 8.21. The van der Waals surface area contributed by atoms with E-state index in [1.165, 1.54) is 18.1 Å². The maximum atomic E-state index is 11.3. The van der Waals surface area contributed by atoms with Gasteiger partial charge in [-0.2, -0.15) is 0 Å². The summed E-state index contributed by atoms with van der Waals surface area (Å²) >= 11 is 0. The number of hydrogen-bond donors (Lipinski definition) is 2. The topological polar surface area (TPSA) is 74.6 Å². The fraction of sp³-hybridized carbons (Fsp3) is 0.611. The first-order valence-electron chi connectivity index (χ1n) is 8.04. The highest BCUT2D eigenvalue weighted by Gasteiger charge is 2.31. The molecule has 0 aliphatic heterocycles. The average molecular weight is 342 g/mol. The lowest BCUT2D eigenvalue weighted by molar-refractivity contribution is -0.116. The minimum Gasteiger partial charge on any atom is -0.324 e. The molecule has 0 saturated heterocycles. The quantitative estimate of drug-likeness (QED) is 0.436. The second-order valence-electron chi connectivity index (χ2n) is 6.41. The molecule has 4 nitrogen and oxygen atoms in total. The van der Waals surface area contributed by atoms with Gasteiger partial charge in [0.2, 0.25) is 0 Å². The first-order chi connectivity index (χ1) is 10.5. The van der Waals surface area contributed by atoms with Gasteiger partial charge in [0.1, 0.15) is 11.4 Å². The summed E-state index contributed by atoms with van der Waals surface area (Å²) in [4.78, 5) is 29.7. The van der Waals surface area contributed by atoms with Crippen molar-refractivity contribution in [3.05, 3.63) is 34.9 Å². The van der Waals surface area contributed by atoms with Crippen molar-refractivity contribution in [1.29, 1.82) is 0 Å². The lowest BCUT2D eigenvalue weighted by Crippen LogP contribution is -2.17. The molecule has 0 aromatic carbocycles. The molecule has 1 unspecified atom stereocenters. The van der Waals surface area contributed by atoms with Gasteiger partial charge in [0.05, 0.1) is 0 Å². The van der Waals surface area contributed by atoms with Crippen LogP contribution >= 0.6 is 7.60 Å². The van der Waals surface area contributed by atoms with E-state index < -0.39 is 19.0 Å². The highest BCUT2D eigenvalue weighted by atomic mass is 31.2. The van der Waals surface area contributed by atoms with Gasteiger partial charge in [0.15, 0.2) is 0 Å². The van der Waals surface area contributed by atoms with Crippen molar-refractivity contribution in [2.75, 3.05) is 0 Å². The van der Waals surface area contributed by atoms with Crippen molar-refractivity contribution in [2.45, 2.75) is 72.4 Å². The van der Waals surface area contributed by atoms with Crippen LogP contribution in [-0.2, 0) is 9.36 Å². The number of carbonyl (C=O) groups excluding carboxylic acids is 1. The Bertz CT molecular complexity index is 519. The fourth-order valence-electron chi connectivity index (χ4n) is 2.19. The predicted octanol–water partition coefficient (Wildman–Crippen LogP) is 4.93. The molecule has 0 radical (unpaired) electrons. The molecule has 0 heterocycles. The summed E-state index contributed by atoms with van der Waals surface area (Å²) in [5.41, 5.74) is 2.53. The van der Waals surface area contributed by atoms with E-state index in [1.54, 1.807) is 6.08 Å². The molecular weight excluding hydrogens is 311 g/mol. The van der Waals surface area contributed by atoms with Crippen LogP contribution in [0.1, 0.15) is 66.7 Å². The first kappa shape index (κ1) is 22.0. The predicted molar refractivity (Wildman–Crippen MR) is 96.5 cm³/mol. The molecule has 132 valence electrons. The molecule has 23 heavy (non-hydrogen) atoms. The van der Waals surface area contributed by atoms with Gasteiger partial charge in [-0.05, 0) is 66.7 Å². The van der Waals surface area contributed by atoms with Crippen molar-refractivity contribution in [3.63, 3.8) is 0 Å². The number of Topliss-reactive ketones (excluding diaryl/α,β-unsaturated/α-hetero) is 1. The van der Waals surface area contributed by atoms with E-state index >= 15 is 0 Å². The Balaban J connectivity index is 4.38. The van der Waals surface area contributed by atoms with E-state index in [-0.39, 0.29) is 6.42 Å². The van der Waals surface area contributed by atoms with E-state index in [9.17, 15) is 19.1 Å². The fourth-order valence-corrected chi connectivity index (χ4v) is 3.05. The monoisotopic (exact) mass is 342 g/mol. The highest BCUT2D eigenvalue weighted by molar-refractivity contribution is 7.53.